The third-order valence-corrected chi connectivity index (χ3v) is 3.73. The third kappa shape index (κ3) is 3.85. The molecule has 0 atom stereocenters. The summed E-state index contributed by atoms with van der Waals surface area (Å²) in [6, 6.07) is 6.92. The van der Waals surface area contributed by atoms with Crippen LogP contribution < -0.4 is 5.43 Å². The molecule has 0 fully saturated rings. The van der Waals surface area contributed by atoms with E-state index in [9.17, 15) is 20.1 Å². The van der Waals surface area contributed by atoms with Gasteiger partial charge in [-0.05, 0) is 36.8 Å². The highest BCUT2D eigenvalue weighted by Gasteiger charge is 2.13. The van der Waals surface area contributed by atoms with Crippen molar-refractivity contribution in [3.8, 4) is 17.2 Å². The number of hydrogen-bond donors (Lipinski definition) is 4. The van der Waals surface area contributed by atoms with Gasteiger partial charge in [-0.15, -0.1) is 0 Å². The Bertz CT molecular complexity index is 783. The van der Waals surface area contributed by atoms with Gasteiger partial charge in [-0.3, -0.25) is 4.79 Å². The summed E-state index contributed by atoms with van der Waals surface area (Å²) in [7, 11) is 0. The zero-order valence-electron chi connectivity index (χ0n) is 11.8. The van der Waals surface area contributed by atoms with Crippen LogP contribution >= 0.6 is 23.2 Å². The molecule has 8 heteroatoms. The average Bonchev–Trinajstić information content (AvgIpc) is 2.52. The van der Waals surface area contributed by atoms with Gasteiger partial charge in [0.25, 0.3) is 5.91 Å². The van der Waals surface area contributed by atoms with Gasteiger partial charge >= 0.3 is 0 Å². The molecule has 2 aromatic rings. The van der Waals surface area contributed by atoms with Crippen molar-refractivity contribution in [1.82, 2.24) is 5.43 Å². The maximum absolute atomic E-state index is 11.9. The number of nitrogens with one attached hydrogen (secondary N) is 1. The lowest BCUT2D eigenvalue weighted by atomic mass is 10.1. The molecule has 0 aliphatic rings. The van der Waals surface area contributed by atoms with Crippen molar-refractivity contribution in [2.24, 2.45) is 5.10 Å². The zero-order valence-corrected chi connectivity index (χ0v) is 13.4. The summed E-state index contributed by atoms with van der Waals surface area (Å²) in [6.07, 6.45) is 0. The summed E-state index contributed by atoms with van der Waals surface area (Å²) in [4.78, 5) is 11.9. The Morgan fingerprint density at radius 1 is 1.00 bits per heavy atom. The number of rotatable bonds is 3. The number of halogens is 2. The van der Waals surface area contributed by atoms with Crippen LogP contribution in [0.2, 0.25) is 10.0 Å². The topological polar surface area (TPSA) is 102 Å². The SMILES string of the molecule is C/C(=N\NC(=O)c1cc(O)c(O)c(O)c1)c1ccc(Cl)c(Cl)c1. The predicted octanol–water partition coefficient (Wildman–Crippen LogP) is 3.26. The first-order valence-electron chi connectivity index (χ1n) is 6.34. The molecule has 1 amide bonds. The number of phenols is 3. The van der Waals surface area contributed by atoms with Crippen LogP contribution in [0.1, 0.15) is 22.8 Å². The first-order chi connectivity index (χ1) is 10.8. The maximum atomic E-state index is 11.9. The molecular formula is C15H12Cl2N2O4. The molecule has 0 bridgehead atoms. The molecule has 0 aromatic heterocycles. The van der Waals surface area contributed by atoms with E-state index in [2.05, 4.69) is 10.5 Å². The fourth-order valence-electron chi connectivity index (χ4n) is 1.72. The number of benzene rings is 2. The highest BCUT2D eigenvalue weighted by Crippen LogP contribution is 2.35. The lowest BCUT2D eigenvalue weighted by molar-refractivity contribution is 0.0954. The summed E-state index contributed by atoms with van der Waals surface area (Å²) in [5.41, 5.74) is 3.35. The number of hydrazone groups is 1. The Morgan fingerprint density at radius 2 is 1.61 bits per heavy atom. The van der Waals surface area contributed by atoms with Crippen molar-refractivity contribution in [1.29, 1.82) is 0 Å². The molecule has 0 heterocycles. The van der Waals surface area contributed by atoms with Gasteiger partial charge in [0.2, 0.25) is 0 Å². The summed E-state index contributed by atoms with van der Waals surface area (Å²) in [5.74, 6) is -2.59. The summed E-state index contributed by atoms with van der Waals surface area (Å²) >= 11 is 11.7. The van der Waals surface area contributed by atoms with Crippen molar-refractivity contribution >= 4 is 34.8 Å². The van der Waals surface area contributed by atoms with Gasteiger partial charge in [-0.2, -0.15) is 5.10 Å². The molecule has 0 spiro atoms. The van der Waals surface area contributed by atoms with Crippen LogP contribution in [0.15, 0.2) is 35.4 Å². The highest BCUT2D eigenvalue weighted by molar-refractivity contribution is 6.42. The number of phenolic OH excluding ortho intramolecular Hbond substituents is 3. The second-order valence-electron chi connectivity index (χ2n) is 4.63. The van der Waals surface area contributed by atoms with Crippen LogP contribution in [0.3, 0.4) is 0 Å². The molecule has 2 aromatic carbocycles. The second-order valence-corrected chi connectivity index (χ2v) is 5.44. The Kier molecular flexibility index (Phi) is 4.98. The van der Waals surface area contributed by atoms with E-state index in [0.29, 0.717) is 21.3 Å². The average molecular weight is 355 g/mol. The van der Waals surface area contributed by atoms with Crippen molar-refractivity contribution in [2.75, 3.05) is 0 Å². The number of carbonyl (C=O) groups excluding carboxylic acids is 1. The Hall–Kier alpha value is -2.44. The van der Waals surface area contributed by atoms with Gasteiger partial charge in [0, 0.05) is 5.56 Å². The van der Waals surface area contributed by atoms with E-state index in [4.69, 9.17) is 23.2 Å². The zero-order chi connectivity index (χ0) is 17.1. The Balaban J connectivity index is 2.18. The first-order valence-corrected chi connectivity index (χ1v) is 7.10. The van der Waals surface area contributed by atoms with E-state index in [-0.39, 0.29) is 5.56 Å². The van der Waals surface area contributed by atoms with Crippen molar-refractivity contribution in [3.63, 3.8) is 0 Å². The van der Waals surface area contributed by atoms with E-state index >= 15 is 0 Å². The minimum absolute atomic E-state index is 0.0662. The molecule has 2 rings (SSSR count). The van der Waals surface area contributed by atoms with E-state index in [1.54, 1.807) is 25.1 Å². The van der Waals surface area contributed by atoms with Crippen LogP contribution in [0.25, 0.3) is 0 Å². The van der Waals surface area contributed by atoms with Gasteiger partial charge in [0.15, 0.2) is 17.2 Å². The molecule has 23 heavy (non-hydrogen) atoms. The molecular weight excluding hydrogens is 343 g/mol. The molecule has 4 N–H and O–H groups in total. The number of carbonyl (C=O) groups is 1. The standard InChI is InChI=1S/C15H12Cl2N2O4/c1-7(8-2-3-10(16)11(17)4-8)18-19-15(23)9-5-12(20)14(22)13(21)6-9/h2-6,20-22H,1H3,(H,19,23)/b18-7+. The molecule has 120 valence electrons. The van der Waals surface area contributed by atoms with Crippen molar-refractivity contribution < 1.29 is 20.1 Å². The van der Waals surface area contributed by atoms with Crippen LogP contribution in [-0.4, -0.2) is 26.9 Å². The highest BCUT2D eigenvalue weighted by atomic mass is 35.5. The number of nitrogens with zero attached hydrogens (tertiary/aromatic N) is 1. The van der Waals surface area contributed by atoms with Gasteiger partial charge < -0.3 is 15.3 Å². The van der Waals surface area contributed by atoms with Crippen LogP contribution in [-0.2, 0) is 0 Å². The quantitative estimate of drug-likeness (QED) is 0.386. The fourth-order valence-corrected chi connectivity index (χ4v) is 2.02. The molecule has 0 saturated heterocycles. The van der Waals surface area contributed by atoms with E-state index in [1.165, 1.54) is 0 Å². The van der Waals surface area contributed by atoms with Crippen molar-refractivity contribution in [2.45, 2.75) is 6.92 Å². The first kappa shape index (κ1) is 16.9. The predicted molar refractivity (Wildman–Crippen MR) is 87.6 cm³/mol. The van der Waals surface area contributed by atoms with Crippen LogP contribution in [0.5, 0.6) is 17.2 Å². The minimum atomic E-state index is -0.697. The Morgan fingerprint density at radius 3 is 2.17 bits per heavy atom. The van der Waals surface area contributed by atoms with Crippen molar-refractivity contribution in [3.05, 3.63) is 51.5 Å². The van der Waals surface area contributed by atoms with Crippen LogP contribution in [0.4, 0.5) is 0 Å². The minimum Gasteiger partial charge on any atom is -0.504 e. The fraction of sp³-hybridized carbons (Fsp3) is 0.0667. The van der Waals surface area contributed by atoms with Gasteiger partial charge in [-0.1, -0.05) is 29.3 Å². The van der Waals surface area contributed by atoms with Gasteiger partial charge in [-0.25, -0.2) is 5.43 Å². The molecule has 6 nitrogen and oxygen atoms in total. The summed E-state index contributed by atoms with van der Waals surface area (Å²) < 4.78 is 0. The lowest BCUT2D eigenvalue weighted by Crippen LogP contribution is -2.19. The maximum Gasteiger partial charge on any atom is 0.271 e. The van der Waals surface area contributed by atoms with E-state index in [0.717, 1.165) is 12.1 Å². The molecule has 0 unspecified atom stereocenters. The van der Waals surface area contributed by atoms with Gasteiger partial charge in [0.1, 0.15) is 0 Å². The summed E-state index contributed by atoms with van der Waals surface area (Å²) in [6.45, 7) is 1.66. The second kappa shape index (κ2) is 6.76. The van der Waals surface area contributed by atoms with Crippen LogP contribution in [0, 0.1) is 0 Å². The monoisotopic (exact) mass is 354 g/mol. The molecule has 0 radical (unpaired) electrons. The Labute approximate surface area is 141 Å². The molecule has 0 aliphatic carbocycles. The third-order valence-electron chi connectivity index (χ3n) is 2.99. The normalized spacial score (nSPS) is 11.3. The largest absolute Gasteiger partial charge is 0.504 e. The van der Waals surface area contributed by atoms with E-state index in [1.807, 2.05) is 0 Å². The van der Waals surface area contributed by atoms with Gasteiger partial charge in [0.05, 0.1) is 15.8 Å². The summed E-state index contributed by atoms with van der Waals surface area (Å²) in [5, 5.41) is 32.7. The number of amides is 1. The smallest absolute Gasteiger partial charge is 0.271 e. The lowest BCUT2D eigenvalue weighted by Gasteiger charge is -2.06. The number of hydrogen-bond acceptors (Lipinski definition) is 5. The molecule has 0 aliphatic heterocycles. The van der Waals surface area contributed by atoms with E-state index < -0.39 is 23.2 Å². The number of aromatic hydroxyl groups is 3. The molecule has 0 saturated carbocycles.